The molecule has 2 rings (SSSR count). The highest BCUT2D eigenvalue weighted by Gasteiger charge is 2.21. The summed E-state index contributed by atoms with van der Waals surface area (Å²) in [6.07, 6.45) is 3.04. The Morgan fingerprint density at radius 1 is 1.16 bits per heavy atom. The van der Waals surface area contributed by atoms with Gasteiger partial charge in [0.05, 0.1) is 21.9 Å². The predicted molar refractivity (Wildman–Crippen MR) is 76.2 cm³/mol. The van der Waals surface area contributed by atoms with Gasteiger partial charge in [-0.05, 0) is 30.7 Å². The zero-order valence-electron chi connectivity index (χ0n) is 9.89. The van der Waals surface area contributed by atoms with Gasteiger partial charge in [0.25, 0.3) is 10.0 Å². The monoisotopic (exact) mass is 316 g/mol. The lowest BCUT2D eigenvalue weighted by molar-refractivity contribution is 0.601. The molecule has 2 aromatic rings. The van der Waals surface area contributed by atoms with E-state index in [1.165, 1.54) is 18.3 Å². The van der Waals surface area contributed by atoms with Crippen LogP contribution < -0.4 is 4.72 Å². The number of benzene rings is 1. The molecule has 0 saturated heterocycles. The second-order valence-corrected chi connectivity index (χ2v) is 6.34. The number of rotatable bonds is 3. The summed E-state index contributed by atoms with van der Waals surface area (Å²) < 4.78 is 26.9. The fraction of sp³-hybridized carbons (Fsp3) is 0.0833. The summed E-state index contributed by atoms with van der Waals surface area (Å²) in [5, 5.41) is 0.140. The average Bonchev–Trinajstić information content (AvgIpc) is 2.27. The molecule has 0 aliphatic heterocycles. The molecular weight excluding hydrogens is 307 g/mol. The van der Waals surface area contributed by atoms with E-state index in [1.54, 1.807) is 18.3 Å². The molecular formula is C12H10Cl2N2O2S. The van der Waals surface area contributed by atoms with Gasteiger partial charge in [0.2, 0.25) is 0 Å². The van der Waals surface area contributed by atoms with Crippen molar-refractivity contribution in [2.75, 3.05) is 4.72 Å². The summed E-state index contributed by atoms with van der Waals surface area (Å²) in [6.45, 7) is 1.81. The van der Waals surface area contributed by atoms with E-state index >= 15 is 0 Å². The Morgan fingerprint density at radius 2 is 1.79 bits per heavy atom. The highest BCUT2D eigenvalue weighted by molar-refractivity contribution is 7.93. The lowest BCUT2D eigenvalue weighted by atomic mass is 10.3. The normalized spacial score (nSPS) is 11.3. The first-order chi connectivity index (χ1) is 8.90. The van der Waals surface area contributed by atoms with Crippen molar-refractivity contribution < 1.29 is 8.42 Å². The third-order valence-electron chi connectivity index (χ3n) is 2.31. The van der Waals surface area contributed by atoms with E-state index < -0.39 is 10.0 Å². The molecule has 0 spiro atoms. The van der Waals surface area contributed by atoms with Gasteiger partial charge in [-0.3, -0.25) is 9.71 Å². The van der Waals surface area contributed by atoms with Crippen molar-refractivity contribution in [1.29, 1.82) is 0 Å². The van der Waals surface area contributed by atoms with Crippen LogP contribution in [0.5, 0.6) is 0 Å². The van der Waals surface area contributed by atoms with E-state index in [1.807, 2.05) is 6.92 Å². The van der Waals surface area contributed by atoms with Crippen molar-refractivity contribution in [2.24, 2.45) is 0 Å². The van der Waals surface area contributed by atoms with Crippen LogP contribution in [-0.2, 0) is 10.0 Å². The first kappa shape index (κ1) is 14.1. The fourth-order valence-electron chi connectivity index (χ4n) is 1.56. The zero-order chi connectivity index (χ0) is 14.0. The van der Waals surface area contributed by atoms with Gasteiger partial charge in [0.15, 0.2) is 0 Å². The van der Waals surface area contributed by atoms with Gasteiger partial charge in [-0.2, -0.15) is 0 Å². The van der Waals surface area contributed by atoms with Crippen LogP contribution in [0.2, 0.25) is 10.0 Å². The van der Waals surface area contributed by atoms with Crippen LogP contribution in [-0.4, -0.2) is 13.4 Å². The second kappa shape index (κ2) is 5.36. The second-order valence-electron chi connectivity index (χ2n) is 3.91. The molecule has 0 radical (unpaired) electrons. The lowest BCUT2D eigenvalue weighted by Gasteiger charge is -2.10. The Labute approximate surface area is 121 Å². The van der Waals surface area contributed by atoms with E-state index in [9.17, 15) is 8.42 Å². The van der Waals surface area contributed by atoms with Gasteiger partial charge in [-0.25, -0.2) is 8.42 Å². The number of halogens is 2. The van der Waals surface area contributed by atoms with Crippen molar-refractivity contribution in [3.05, 3.63) is 52.3 Å². The average molecular weight is 317 g/mol. The minimum absolute atomic E-state index is 0.0700. The molecule has 100 valence electrons. The largest absolute Gasteiger partial charge is 0.278 e. The van der Waals surface area contributed by atoms with Gasteiger partial charge in [-0.1, -0.05) is 29.3 Å². The first-order valence-electron chi connectivity index (χ1n) is 5.28. The van der Waals surface area contributed by atoms with Crippen LogP contribution in [0.25, 0.3) is 0 Å². The summed E-state index contributed by atoms with van der Waals surface area (Å²) in [5.74, 6) is 0. The SMILES string of the molecule is Cc1cncc(NS(=O)(=O)c2c(Cl)cccc2Cl)c1. The highest BCUT2D eigenvalue weighted by atomic mass is 35.5. The minimum atomic E-state index is -3.85. The Kier molecular flexibility index (Phi) is 3.99. The number of sulfonamides is 1. The van der Waals surface area contributed by atoms with Crippen LogP contribution in [0.1, 0.15) is 5.56 Å². The van der Waals surface area contributed by atoms with Crippen molar-refractivity contribution in [2.45, 2.75) is 11.8 Å². The molecule has 0 bridgehead atoms. The number of aryl methyl sites for hydroxylation is 1. The molecule has 0 fully saturated rings. The van der Waals surface area contributed by atoms with Gasteiger partial charge in [-0.15, -0.1) is 0 Å². The van der Waals surface area contributed by atoms with Crippen LogP contribution >= 0.6 is 23.2 Å². The quantitative estimate of drug-likeness (QED) is 0.942. The molecule has 4 nitrogen and oxygen atoms in total. The standard InChI is InChI=1S/C12H10Cl2N2O2S/c1-8-5-9(7-15-6-8)16-19(17,18)12-10(13)3-2-4-11(12)14/h2-7,16H,1H3. The third-order valence-corrected chi connectivity index (χ3v) is 4.65. The van der Waals surface area contributed by atoms with E-state index in [4.69, 9.17) is 23.2 Å². The van der Waals surface area contributed by atoms with Crippen molar-refractivity contribution in [3.63, 3.8) is 0 Å². The summed E-state index contributed by atoms with van der Waals surface area (Å²) >= 11 is 11.8. The lowest BCUT2D eigenvalue weighted by Crippen LogP contribution is -2.14. The number of hydrogen-bond acceptors (Lipinski definition) is 3. The van der Waals surface area contributed by atoms with Crippen molar-refractivity contribution >= 4 is 38.9 Å². The van der Waals surface area contributed by atoms with E-state index in [2.05, 4.69) is 9.71 Å². The first-order valence-corrected chi connectivity index (χ1v) is 7.52. The highest BCUT2D eigenvalue weighted by Crippen LogP contribution is 2.30. The Balaban J connectivity index is 2.44. The third kappa shape index (κ3) is 3.18. The zero-order valence-corrected chi connectivity index (χ0v) is 12.2. The summed E-state index contributed by atoms with van der Waals surface area (Å²) in [5.41, 5.74) is 1.20. The van der Waals surface area contributed by atoms with Crippen LogP contribution in [0.15, 0.2) is 41.6 Å². The number of nitrogens with one attached hydrogen (secondary N) is 1. The van der Waals surface area contributed by atoms with Crippen LogP contribution in [0, 0.1) is 6.92 Å². The van der Waals surface area contributed by atoms with Gasteiger partial charge in [0, 0.05) is 6.20 Å². The van der Waals surface area contributed by atoms with Crippen LogP contribution in [0.3, 0.4) is 0 Å². The van der Waals surface area contributed by atoms with Crippen molar-refractivity contribution in [3.8, 4) is 0 Å². The molecule has 0 aliphatic carbocycles. The van der Waals surface area contributed by atoms with E-state index in [-0.39, 0.29) is 14.9 Å². The number of pyridine rings is 1. The maximum atomic E-state index is 12.2. The Bertz CT molecular complexity index is 697. The topological polar surface area (TPSA) is 59.1 Å². The smallest absolute Gasteiger partial charge is 0.264 e. The van der Waals surface area contributed by atoms with Gasteiger partial charge < -0.3 is 0 Å². The summed E-state index contributed by atoms with van der Waals surface area (Å²) in [6, 6.07) is 6.18. The molecule has 0 saturated carbocycles. The van der Waals surface area contributed by atoms with E-state index in [0.717, 1.165) is 5.56 Å². The molecule has 1 N–H and O–H groups in total. The molecule has 1 aromatic heterocycles. The number of hydrogen-bond donors (Lipinski definition) is 1. The summed E-state index contributed by atoms with van der Waals surface area (Å²) in [4.78, 5) is 3.77. The number of aromatic nitrogens is 1. The number of anilines is 1. The molecule has 7 heteroatoms. The molecule has 0 unspecified atom stereocenters. The van der Waals surface area contributed by atoms with Crippen LogP contribution in [0.4, 0.5) is 5.69 Å². The molecule has 0 atom stereocenters. The summed E-state index contributed by atoms with van der Waals surface area (Å²) in [7, 11) is -3.85. The van der Waals surface area contributed by atoms with Gasteiger partial charge in [0.1, 0.15) is 4.90 Å². The number of nitrogens with zero attached hydrogens (tertiary/aromatic N) is 1. The van der Waals surface area contributed by atoms with E-state index in [0.29, 0.717) is 5.69 Å². The maximum absolute atomic E-state index is 12.2. The minimum Gasteiger partial charge on any atom is -0.278 e. The molecule has 1 aromatic carbocycles. The fourth-order valence-corrected chi connectivity index (χ4v) is 3.74. The molecule has 1 heterocycles. The Hall–Kier alpha value is -1.30. The molecule has 0 amide bonds. The predicted octanol–water partition coefficient (Wildman–Crippen LogP) is 3.50. The van der Waals surface area contributed by atoms with Crippen molar-refractivity contribution in [1.82, 2.24) is 4.98 Å². The Morgan fingerprint density at radius 3 is 2.37 bits per heavy atom. The van der Waals surface area contributed by atoms with Gasteiger partial charge >= 0.3 is 0 Å². The molecule has 0 aliphatic rings. The molecule has 19 heavy (non-hydrogen) atoms. The maximum Gasteiger partial charge on any atom is 0.264 e.